The molecule has 0 aliphatic heterocycles. The van der Waals surface area contributed by atoms with Gasteiger partial charge in [0.2, 0.25) is 0 Å². The summed E-state index contributed by atoms with van der Waals surface area (Å²) in [4.78, 5) is 0. The molecule has 0 aromatic heterocycles. The quantitative estimate of drug-likeness (QED) is 0.862. The zero-order valence-corrected chi connectivity index (χ0v) is 11.1. The fraction of sp³-hybridized carbons (Fsp3) is 0.571. The Balaban J connectivity index is 2.49. The highest BCUT2D eigenvalue weighted by Gasteiger charge is 2.29. The SMILES string of the molecule is COC(C)CCC(O)Cc1ccc(C(F)(F)F)cc1. The predicted molar refractivity (Wildman–Crippen MR) is 66.9 cm³/mol. The molecule has 0 saturated heterocycles. The minimum atomic E-state index is -4.31. The average molecular weight is 276 g/mol. The highest BCUT2D eigenvalue weighted by molar-refractivity contribution is 5.25. The molecule has 2 nitrogen and oxygen atoms in total. The molecule has 1 aromatic carbocycles. The lowest BCUT2D eigenvalue weighted by Gasteiger charge is -2.14. The normalized spacial score (nSPS) is 15.3. The van der Waals surface area contributed by atoms with Gasteiger partial charge in [0.05, 0.1) is 17.8 Å². The molecule has 108 valence electrons. The first-order chi connectivity index (χ1) is 8.82. The largest absolute Gasteiger partial charge is 0.416 e. The molecule has 1 rings (SSSR count). The number of halogens is 3. The lowest BCUT2D eigenvalue weighted by molar-refractivity contribution is -0.137. The van der Waals surface area contributed by atoms with E-state index in [0.29, 0.717) is 18.4 Å². The van der Waals surface area contributed by atoms with Gasteiger partial charge in [-0.15, -0.1) is 0 Å². The molecule has 19 heavy (non-hydrogen) atoms. The molecule has 2 unspecified atom stereocenters. The van der Waals surface area contributed by atoms with Crippen molar-refractivity contribution >= 4 is 0 Å². The highest BCUT2D eigenvalue weighted by atomic mass is 19.4. The number of rotatable bonds is 6. The van der Waals surface area contributed by atoms with Crippen molar-refractivity contribution in [2.45, 2.75) is 44.6 Å². The maximum absolute atomic E-state index is 12.4. The molecular weight excluding hydrogens is 257 g/mol. The Kier molecular flexibility index (Phi) is 5.82. The summed E-state index contributed by atoms with van der Waals surface area (Å²) in [6.45, 7) is 1.91. The molecule has 0 radical (unpaired) electrons. The smallest absolute Gasteiger partial charge is 0.393 e. The van der Waals surface area contributed by atoms with Gasteiger partial charge >= 0.3 is 6.18 Å². The van der Waals surface area contributed by atoms with Gasteiger partial charge in [-0.25, -0.2) is 0 Å². The lowest BCUT2D eigenvalue weighted by atomic mass is 10.0. The summed E-state index contributed by atoms with van der Waals surface area (Å²) >= 11 is 0. The summed E-state index contributed by atoms with van der Waals surface area (Å²) in [6.07, 6.45) is -3.16. The van der Waals surface area contributed by atoms with Crippen molar-refractivity contribution in [1.29, 1.82) is 0 Å². The van der Waals surface area contributed by atoms with Crippen molar-refractivity contribution in [3.63, 3.8) is 0 Å². The van der Waals surface area contributed by atoms with Crippen molar-refractivity contribution in [2.24, 2.45) is 0 Å². The first-order valence-corrected chi connectivity index (χ1v) is 6.20. The predicted octanol–water partition coefficient (Wildman–Crippen LogP) is 3.42. The first-order valence-electron chi connectivity index (χ1n) is 6.20. The number of aliphatic hydroxyl groups is 1. The summed E-state index contributed by atoms with van der Waals surface area (Å²) in [7, 11) is 1.60. The standard InChI is InChI=1S/C14H19F3O2/c1-10(19-2)3-8-13(18)9-11-4-6-12(7-5-11)14(15,16)17/h4-7,10,13,18H,3,8-9H2,1-2H3. The van der Waals surface area contributed by atoms with Crippen LogP contribution in [0.4, 0.5) is 13.2 Å². The number of methoxy groups -OCH3 is 1. The van der Waals surface area contributed by atoms with Crippen LogP contribution in [-0.2, 0) is 17.3 Å². The van der Waals surface area contributed by atoms with Gasteiger partial charge in [-0.05, 0) is 43.9 Å². The van der Waals surface area contributed by atoms with Gasteiger partial charge in [0.25, 0.3) is 0 Å². The van der Waals surface area contributed by atoms with Crippen molar-refractivity contribution in [3.05, 3.63) is 35.4 Å². The third kappa shape index (κ3) is 5.61. The van der Waals surface area contributed by atoms with Gasteiger partial charge in [0.1, 0.15) is 0 Å². The van der Waals surface area contributed by atoms with Crippen LogP contribution in [-0.4, -0.2) is 24.4 Å². The van der Waals surface area contributed by atoms with Crippen molar-refractivity contribution in [1.82, 2.24) is 0 Å². The second-order valence-electron chi connectivity index (χ2n) is 4.68. The van der Waals surface area contributed by atoms with Crippen LogP contribution in [0.2, 0.25) is 0 Å². The van der Waals surface area contributed by atoms with Crippen molar-refractivity contribution in [2.75, 3.05) is 7.11 Å². The van der Waals surface area contributed by atoms with E-state index in [1.165, 1.54) is 12.1 Å². The van der Waals surface area contributed by atoms with E-state index in [9.17, 15) is 18.3 Å². The molecule has 0 heterocycles. The van der Waals surface area contributed by atoms with E-state index < -0.39 is 17.8 Å². The summed E-state index contributed by atoms with van der Waals surface area (Å²) in [5.74, 6) is 0. The van der Waals surface area contributed by atoms with E-state index >= 15 is 0 Å². The Bertz CT molecular complexity index is 373. The van der Waals surface area contributed by atoms with Crippen LogP contribution < -0.4 is 0 Å². The van der Waals surface area contributed by atoms with Crippen molar-refractivity contribution in [3.8, 4) is 0 Å². The summed E-state index contributed by atoms with van der Waals surface area (Å²) in [5, 5.41) is 9.80. The average Bonchev–Trinajstić information content (AvgIpc) is 2.35. The van der Waals surface area contributed by atoms with Gasteiger partial charge in [-0.2, -0.15) is 13.2 Å². The Morgan fingerprint density at radius 3 is 2.21 bits per heavy atom. The Morgan fingerprint density at radius 1 is 1.16 bits per heavy atom. The van der Waals surface area contributed by atoms with Crippen LogP contribution in [0, 0.1) is 0 Å². The molecule has 0 aliphatic carbocycles. The number of aliphatic hydroxyl groups excluding tert-OH is 1. The summed E-state index contributed by atoms with van der Waals surface area (Å²) in [6, 6.07) is 4.90. The van der Waals surface area contributed by atoms with Crippen LogP contribution >= 0.6 is 0 Å². The van der Waals surface area contributed by atoms with Gasteiger partial charge < -0.3 is 9.84 Å². The van der Waals surface area contributed by atoms with Gasteiger partial charge in [-0.3, -0.25) is 0 Å². The molecule has 1 N–H and O–H groups in total. The monoisotopic (exact) mass is 276 g/mol. The number of ether oxygens (including phenoxy) is 1. The number of alkyl halides is 3. The highest BCUT2D eigenvalue weighted by Crippen LogP contribution is 2.29. The minimum Gasteiger partial charge on any atom is -0.393 e. The second kappa shape index (κ2) is 6.91. The van der Waals surface area contributed by atoms with Gasteiger partial charge in [0, 0.05) is 7.11 Å². The van der Waals surface area contributed by atoms with Crippen LogP contribution in [0.25, 0.3) is 0 Å². The maximum atomic E-state index is 12.4. The third-order valence-electron chi connectivity index (χ3n) is 3.06. The third-order valence-corrected chi connectivity index (χ3v) is 3.06. The van der Waals surface area contributed by atoms with Crippen LogP contribution in [0.15, 0.2) is 24.3 Å². The first kappa shape index (κ1) is 16.0. The van der Waals surface area contributed by atoms with Crippen LogP contribution in [0.1, 0.15) is 30.9 Å². The molecule has 0 spiro atoms. The summed E-state index contributed by atoms with van der Waals surface area (Å²) < 4.78 is 42.2. The minimum absolute atomic E-state index is 0.0715. The topological polar surface area (TPSA) is 29.5 Å². The summed E-state index contributed by atoms with van der Waals surface area (Å²) in [5.41, 5.74) is 0.0318. The van der Waals surface area contributed by atoms with E-state index in [2.05, 4.69) is 0 Å². The Labute approximate surface area is 111 Å². The number of hydrogen-bond acceptors (Lipinski definition) is 2. The van der Waals surface area contributed by atoms with Crippen LogP contribution in [0.3, 0.4) is 0 Å². The molecule has 0 amide bonds. The van der Waals surface area contributed by atoms with Crippen molar-refractivity contribution < 1.29 is 23.0 Å². The van der Waals surface area contributed by atoms with E-state index in [1.807, 2.05) is 6.92 Å². The fourth-order valence-corrected chi connectivity index (χ4v) is 1.75. The lowest BCUT2D eigenvalue weighted by Crippen LogP contribution is -2.15. The maximum Gasteiger partial charge on any atom is 0.416 e. The Hall–Kier alpha value is -1.07. The fourth-order valence-electron chi connectivity index (χ4n) is 1.75. The molecule has 1 aromatic rings. The molecule has 5 heteroatoms. The molecule has 0 bridgehead atoms. The Morgan fingerprint density at radius 2 is 1.74 bits per heavy atom. The molecule has 2 atom stereocenters. The van der Waals surface area contributed by atoms with E-state index in [0.717, 1.165) is 18.6 Å². The molecule has 0 fully saturated rings. The number of benzene rings is 1. The van der Waals surface area contributed by atoms with Gasteiger partial charge in [-0.1, -0.05) is 12.1 Å². The zero-order valence-electron chi connectivity index (χ0n) is 11.1. The van der Waals surface area contributed by atoms with E-state index in [4.69, 9.17) is 4.74 Å². The van der Waals surface area contributed by atoms with E-state index in [1.54, 1.807) is 7.11 Å². The van der Waals surface area contributed by atoms with E-state index in [-0.39, 0.29) is 6.10 Å². The zero-order chi connectivity index (χ0) is 14.5. The van der Waals surface area contributed by atoms with Crippen LogP contribution in [0.5, 0.6) is 0 Å². The molecular formula is C14H19F3O2. The molecule has 0 saturated carbocycles. The second-order valence-corrected chi connectivity index (χ2v) is 4.68. The number of hydrogen-bond donors (Lipinski definition) is 1. The molecule has 0 aliphatic rings. The van der Waals surface area contributed by atoms with Gasteiger partial charge in [0.15, 0.2) is 0 Å².